The van der Waals surface area contributed by atoms with Gasteiger partial charge in [0.2, 0.25) is 5.78 Å². The first kappa shape index (κ1) is 22.0. The number of hydrogen-bond donors (Lipinski definition) is 1. The van der Waals surface area contributed by atoms with E-state index in [9.17, 15) is 19.1 Å². The van der Waals surface area contributed by atoms with E-state index in [4.69, 9.17) is 11.6 Å². The largest absolute Gasteiger partial charge is 0.872 e. The summed E-state index contributed by atoms with van der Waals surface area (Å²) in [5.74, 6) is -2.54. The highest BCUT2D eigenvalue weighted by molar-refractivity contribution is 6.46. The quantitative estimate of drug-likeness (QED) is 0.412. The van der Waals surface area contributed by atoms with E-state index in [1.54, 1.807) is 24.3 Å². The Morgan fingerprint density at radius 2 is 1.67 bits per heavy atom. The maximum Gasteiger partial charge on any atom is 0.295 e. The Bertz CT molecular complexity index is 953. The van der Waals surface area contributed by atoms with E-state index in [1.807, 2.05) is 0 Å². The van der Waals surface area contributed by atoms with Gasteiger partial charge in [-0.1, -0.05) is 41.6 Å². The summed E-state index contributed by atoms with van der Waals surface area (Å²) in [6, 6.07) is 10.9. The van der Waals surface area contributed by atoms with Crippen molar-refractivity contribution in [3.63, 3.8) is 0 Å². The third-order valence-electron chi connectivity index (χ3n) is 5.53. The van der Waals surface area contributed by atoms with Gasteiger partial charge in [0, 0.05) is 10.6 Å². The van der Waals surface area contributed by atoms with Gasteiger partial charge in [-0.15, -0.1) is 0 Å². The molecule has 1 heterocycles. The number of likely N-dealkylation sites (tertiary alicyclic amines) is 1. The highest BCUT2D eigenvalue weighted by atomic mass is 35.5. The monoisotopic (exact) mass is 430 g/mol. The van der Waals surface area contributed by atoms with Crippen LogP contribution in [0.25, 0.3) is 5.76 Å². The Morgan fingerprint density at radius 3 is 2.23 bits per heavy atom. The second-order valence-corrected chi connectivity index (χ2v) is 7.67. The number of nitrogens with zero attached hydrogens (tertiary/aromatic N) is 1. The van der Waals surface area contributed by atoms with Crippen molar-refractivity contribution in [2.75, 3.05) is 26.2 Å². The van der Waals surface area contributed by atoms with Crippen LogP contribution in [0, 0.1) is 5.82 Å². The summed E-state index contributed by atoms with van der Waals surface area (Å²) in [5, 5.41) is 13.7. The van der Waals surface area contributed by atoms with Crippen molar-refractivity contribution >= 4 is 29.1 Å². The number of carbonyl (C=O) groups excluding carboxylic acids is 2. The summed E-state index contributed by atoms with van der Waals surface area (Å²) < 4.78 is 13.3. The number of carbonyl (C=O) groups is 2. The summed E-state index contributed by atoms with van der Waals surface area (Å²) in [5.41, 5.74) is 0.699. The van der Waals surface area contributed by atoms with Gasteiger partial charge in [-0.25, -0.2) is 4.39 Å². The van der Waals surface area contributed by atoms with Crippen LogP contribution in [0.3, 0.4) is 0 Å². The second-order valence-electron chi connectivity index (χ2n) is 7.24. The highest BCUT2D eigenvalue weighted by Crippen LogP contribution is 2.38. The molecular weight excluding hydrogens is 407 g/mol. The summed E-state index contributed by atoms with van der Waals surface area (Å²) in [7, 11) is 0. The van der Waals surface area contributed by atoms with Crippen molar-refractivity contribution in [3.8, 4) is 0 Å². The number of amides is 1. The average Bonchev–Trinajstić information content (AvgIpc) is 3.00. The predicted molar refractivity (Wildman–Crippen MR) is 111 cm³/mol. The zero-order valence-electron chi connectivity index (χ0n) is 17.0. The molecule has 5 nitrogen and oxygen atoms in total. The SMILES string of the molecule is CC[NH+](CC)CCN1C(=O)C(=O)/C(=C(/[O-])c2ccc(F)cc2)C1c1ccc(Cl)cc1. The summed E-state index contributed by atoms with van der Waals surface area (Å²) >= 11 is 6.00. The van der Waals surface area contributed by atoms with Crippen molar-refractivity contribution in [1.29, 1.82) is 0 Å². The van der Waals surface area contributed by atoms with Crippen LogP contribution in [-0.2, 0) is 9.59 Å². The number of hydrogen-bond acceptors (Lipinski definition) is 3. The van der Waals surface area contributed by atoms with E-state index in [2.05, 4.69) is 13.8 Å². The van der Waals surface area contributed by atoms with Crippen molar-refractivity contribution in [2.24, 2.45) is 0 Å². The number of rotatable bonds is 7. The maximum atomic E-state index is 13.3. The molecule has 1 aliphatic heterocycles. The number of halogens is 2. The van der Waals surface area contributed by atoms with E-state index >= 15 is 0 Å². The Labute approximate surface area is 180 Å². The third-order valence-corrected chi connectivity index (χ3v) is 5.78. The lowest BCUT2D eigenvalue weighted by atomic mass is 9.95. The van der Waals surface area contributed by atoms with E-state index < -0.39 is 29.3 Å². The molecule has 0 aromatic heterocycles. The minimum atomic E-state index is -0.807. The van der Waals surface area contributed by atoms with Gasteiger partial charge in [0.25, 0.3) is 5.91 Å². The lowest BCUT2D eigenvalue weighted by molar-refractivity contribution is -0.895. The van der Waals surface area contributed by atoms with Crippen LogP contribution in [-0.4, -0.2) is 42.8 Å². The van der Waals surface area contributed by atoms with Crippen LogP contribution in [0.5, 0.6) is 0 Å². The Balaban J connectivity index is 2.08. The molecule has 1 fully saturated rings. The van der Waals surface area contributed by atoms with Gasteiger partial charge in [0.05, 0.1) is 32.2 Å². The van der Waals surface area contributed by atoms with E-state index in [1.165, 1.54) is 21.9 Å². The number of benzene rings is 2. The molecule has 1 unspecified atom stereocenters. The molecule has 3 rings (SSSR count). The molecule has 30 heavy (non-hydrogen) atoms. The molecule has 7 heteroatoms. The van der Waals surface area contributed by atoms with Crippen molar-refractivity contribution in [2.45, 2.75) is 19.9 Å². The molecule has 1 aliphatic rings. The molecule has 1 saturated heterocycles. The first-order chi connectivity index (χ1) is 14.4. The minimum absolute atomic E-state index is 0.108. The fourth-order valence-corrected chi connectivity index (χ4v) is 3.86. The van der Waals surface area contributed by atoms with Crippen LogP contribution < -0.4 is 10.0 Å². The summed E-state index contributed by atoms with van der Waals surface area (Å²) in [6.07, 6.45) is 0. The van der Waals surface area contributed by atoms with E-state index in [0.717, 1.165) is 25.2 Å². The van der Waals surface area contributed by atoms with Gasteiger partial charge in [-0.2, -0.15) is 0 Å². The zero-order valence-corrected chi connectivity index (χ0v) is 17.7. The standard InChI is InChI=1S/C23H24ClFN2O3/c1-3-26(4-2)13-14-27-20(15-5-9-17(24)10-6-15)19(22(29)23(27)30)21(28)16-7-11-18(25)12-8-16/h5-12,20,28H,3-4,13-14H2,1-2H3/b21-19+. The summed E-state index contributed by atoms with van der Waals surface area (Å²) in [4.78, 5) is 28.5. The van der Waals surface area contributed by atoms with Gasteiger partial charge in [-0.05, 0) is 49.2 Å². The molecule has 2 aromatic carbocycles. The fourth-order valence-electron chi connectivity index (χ4n) is 3.73. The molecule has 0 saturated carbocycles. The number of ketones is 1. The fraction of sp³-hybridized carbons (Fsp3) is 0.304. The smallest absolute Gasteiger partial charge is 0.295 e. The van der Waals surface area contributed by atoms with Crippen LogP contribution in [0.15, 0.2) is 54.1 Å². The molecule has 1 N–H and O–H groups in total. The third kappa shape index (κ3) is 4.40. The lowest BCUT2D eigenvalue weighted by Crippen LogP contribution is -3.12. The number of quaternary nitrogens is 1. The van der Waals surface area contributed by atoms with Gasteiger partial charge in [0.1, 0.15) is 5.82 Å². The molecule has 0 bridgehead atoms. The summed E-state index contributed by atoms with van der Waals surface area (Å²) in [6.45, 7) is 6.90. The topological polar surface area (TPSA) is 64.9 Å². The van der Waals surface area contributed by atoms with Crippen molar-refractivity contribution in [3.05, 3.63) is 76.1 Å². The number of Topliss-reactive ketones (excluding diaryl/α,β-unsaturated/α-hetero) is 1. The molecular formula is C23H24ClFN2O3. The number of nitrogens with one attached hydrogen (secondary N) is 1. The first-order valence-corrected chi connectivity index (χ1v) is 10.4. The Morgan fingerprint density at radius 1 is 1.07 bits per heavy atom. The molecule has 2 aromatic rings. The molecule has 158 valence electrons. The average molecular weight is 431 g/mol. The van der Waals surface area contributed by atoms with E-state index in [-0.39, 0.29) is 11.1 Å². The molecule has 0 radical (unpaired) electrons. The number of likely N-dealkylation sites (N-methyl/N-ethyl adjacent to an activating group) is 1. The second kappa shape index (κ2) is 9.41. The first-order valence-electron chi connectivity index (χ1n) is 9.98. The molecule has 1 atom stereocenters. The van der Waals surface area contributed by atoms with Gasteiger partial charge < -0.3 is 14.9 Å². The normalized spacial score (nSPS) is 18.4. The van der Waals surface area contributed by atoms with Crippen LogP contribution in [0.1, 0.15) is 31.0 Å². The predicted octanol–water partition coefficient (Wildman–Crippen LogP) is 1.63. The molecule has 1 amide bonds. The molecule has 0 spiro atoms. The van der Waals surface area contributed by atoms with E-state index in [0.29, 0.717) is 23.7 Å². The van der Waals surface area contributed by atoms with Gasteiger partial charge in [0.15, 0.2) is 0 Å². The Hall–Kier alpha value is -2.70. The van der Waals surface area contributed by atoms with Crippen molar-refractivity contribution < 1.29 is 24.0 Å². The van der Waals surface area contributed by atoms with Crippen LogP contribution >= 0.6 is 11.6 Å². The Kier molecular flexibility index (Phi) is 6.90. The van der Waals surface area contributed by atoms with Crippen molar-refractivity contribution in [1.82, 2.24) is 4.90 Å². The van der Waals surface area contributed by atoms with Crippen LogP contribution in [0.4, 0.5) is 4.39 Å². The lowest BCUT2D eigenvalue weighted by Gasteiger charge is -2.28. The zero-order chi connectivity index (χ0) is 21.8. The molecule has 0 aliphatic carbocycles. The van der Waals surface area contributed by atoms with Gasteiger partial charge in [-0.3, -0.25) is 9.59 Å². The highest BCUT2D eigenvalue weighted by Gasteiger charge is 2.44. The maximum absolute atomic E-state index is 13.3. The van der Waals surface area contributed by atoms with Gasteiger partial charge >= 0.3 is 0 Å². The van der Waals surface area contributed by atoms with Crippen LogP contribution in [0.2, 0.25) is 5.02 Å². The minimum Gasteiger partial charge on any atom is -0.872 e.